The van der Waals surface area contributed by atoms with Gasteiger partial charge in [-0.05, 0) is 24.7 Å². The molecule has 3 rings (SSSR count). The molecule has 5 nitrogen and oxygen atoms in total. The first-order valence-corrected chi connectivity index (χ1v) is 6.59. The lowest BCUT2D eigenvalue weighted by atomic mass is 10.2. The summed E-state index contributed by atoms with van der Waals surface area (Å²) in [5, 5.41) is 3.27. The Kier molecular flexibility index (Phi) is 3.69. The number of nitrogens with zero attached hydrogens (tertiary/aromatic N) is 1. The molecule has 2 aromatic rings. The Balaban J connectivity index is 1.80. The summed E-state index contributed by atoms with van der Waals surface area (Å²) >= 11 is 0. The predicted octanol–water partition coefficient (Wildman–Crippen LogP) is 2.71. The Hall–Kier alpha value is -2.27. The molecule has 1 aliphatic rings. The Morgan fingerprint density at radius 3 is 3.05 bits per heavy atom. The number of rotatable bonds is 5. The molecule has 0 saturated carbocycles. The molecule has 0 fully saturated rings. The van der Waals surface area contributed by atoms with E-state index < -0.39 is 0 Å². The smallest absolute Gasteiger partial charge is 0.231 e. The van der Waals surface area contributed by atoms with Crippen molar-refractivity contribution in [2.24, 2.45) is 0 Å². The zero-order valence-corrected chi connectivity index (χ0v) is 11.3. The Morgan fingerprint density at radius 1 is 1.25 bits per heavy atom. The minimum atomic E-state index is 0.258. The van der Waals surface area contributed by atoms with Gasteiger partial charge in [-0.25, -0.2) is 4.98 Å². The molecule has 0 spiro atoms. The monoisotopic (exact) mass is 272 g/mol. The van der Waals surface area contributed by atoms with Gasteiger partial charge in [-0.15, -0.1) is 0 Å². The third kappa shape index (κ3) is 2.67. The van der Waals surface area contributed by atoms with Crippen LogP contribution < -0.4 is 19.5 Å². The molecule has 0 amide bonds. The third-order valence-electron chi connectivity index (χ3n) is 2.97. The summed E-state index contributed by atoms with van der Waals surface area (Å²) in [6, 6.07) is 9.40. The standard InChI is InChI=1S/C15H16N2O3/c1-2-16-9-11-4-3-7-17-15(11)20-12-5-6-13-14(8-12)19-10-18-13/h3-8,16H,2,9-10H2,1H3. The van der Waals surface area contributed by atoms with E-state index in [1.807, 2.05) is 30.3 Å². The number of fused-ring (bicyclic) bond motifs is 1. The van der Waals surface area contributed by atoms with Crippen LogP contribution in [0, 0.1) is 0 Å². The van der Waals surface area contributed by atoms with Crippen molar-refractivity contribution in [3.63, 3.8) is 0 Å². The van der Waals surface area contributed by atoms with Crippen molar-refractivity contribution in [2.75, 3.05) is 13.3 Å². The molecule has 1 N–H and O–H groups in total. The molecule has 1 aromatic heterocycles. The highest BCUT2D eigenvalue weighted by molar-refractivity contribution is 5.48. The van der Waals surface area contributed by atoms with Gasteiger partial charge in [0.2, 0.25) is 12.7 Å². The summed E-state index contributed by atoms with van der Waals surface area (Å²) < 4.78 is 16.5. The van der Waals surface area contributed by atoms with Crippen LogP contribution in [0.2, 0.25) is 0 Å². The highest BCUT2D eigenvalue weighted by atomic mass is 16.7. The van der Waals surface area contributed by atoms with Crippen LogP contribution in [0.25, 0.3) is 0 Å². The molecular weight excluding hydrogens is 256 g/mol. The molecule has 104 valence electrons. The van der Waals surface area contributed by atoms with E-state index in [9.17, 15) is 0 Å². The lowest BCUT2D eigenvalue weighted by Gasteiger charge is -2.10. The van der Waals surface area contributed by atoms with Crippen LogP contribution in [0.15, 0.2) is 36.5 Å². The number of hydrogen-bond acceptors (Lipinski definition) is 5. The first-order valence-electron chi connectivity index (χ1n) is 6.59. The fourth-order valence-corrected chi connectivity index (χ4v) is 1.96. The van der Waals surface area contributed by atoms with E-state index in [1.54, 1.807) is 6.20 Å². The van der Waals surface area contributed by atoms with Crippen LogP contribution in [0.4, 0.5) is 0 Å². The molecule has 2 heterocycles. The first kappa shape index (κ1) is 12.7. The lowest BCUT2D eigenvalue weighted by molar-refractivity contribution is 0.174. The van der Waals surface area contributed by atoms with E-state index in [2.05, 4.69) is 17.2 Å². The molecule has 1 aliphatic heterocycles. The van der Waals surface area contributed by atoms with Crippen LogP contribution >= 0.6 is 0 Å². The number of benzene rings is 1. The van der Waals surface area contributed by atoms with Gasteiger partial charge in [0.1, 0.15) is 5.75 Å². The van der Waals surface area contributed by atoms with E-state index in [4.69, 9.17) is 14.2 Å². The molecule has 0 atom stereocenters. The summed E-state index contributed by atoms with van der Waals surface area (Å²) in [7, 11) is 0. The topological polar surface area (TPSA) is 52.6 Å². The lowest BCUT2D eigenvalue weighted by Crippen LogP contribution is -2.12. The average molecular weight is 272 g/mol. The Morgan fingerprint density at radius 2 is 2.15 bits per heavy atom. The molecule has 0 unspecified atom stereocenters. The number of pyridine rings is 1. The number of ether oxygens (including phenoxy) is 3. The zero-order valence-electron chi connectivity index (χ0n) is 11.3. The van der Waals surface area contributed by atoms with Gasteiger partial charge in [0.25, 0.3) is 0 Å². The van der Waals surface area contributed by atoms with Gasteiger partial charge in [0.05, 0.1) is 0 Å². The second kappa shape index (κ2) is 5.79. The molecule has 5 heteroatoms. The minimum Gasteiger partial charge on any atom is -0.454 e. The van der Waals surface area contributed by atoms with E-state index in [1.165, 1.54) is 0 Å². The van der Waals surface area contributed by atoms with Gasteiger partial charge >= 0.3 is 0 Å². The maximum absolute atomic E-state index is 5.85. The second-order valence-electron chi connectivity index (χ2n) is 4.37. The normalized spacial score (nSPS) is 12.4. The molecular formula is C15H16N2O3. The van der Waals surface area contributed by atoms with Crippen molar-refractivity contribution in [1.29, 1.82) is 0 Å². The van der Waals surface area contributed by atoms with Crippen molar-refractivity contribution >= 4 is 0 Å². The van der Waals surface area contributed by atoms with Gasteiger partial charge in [0, 0.05) is 24.4 Å². The van der Waals surface area contributed by atoms with Crippen LogP contribution in [-0.4, -0.2) is 18.3 Å². The largest absolute Gasteiger partial charge is 0.454 e. The predicted molar refractivity (Wildman–Crippen MR) is 74.3 cm³/mol. The van der Waals surface area contributed by atoms with Gasteiger partial charge in [-0.3, -0.25) is 0 Å². The van der Waals surface area contributed by atoms with Gasteiger partial charge in [-0.1, -0.05) is 13.0 Å². The summed E-state index contributed by atoms with van der Waals surface area (Å²) in [5.41, 5.74) is 1.02. The van der Waals surface area contributed by atoms with Crippen LogP contribution in [0.5, 0.6) is 23.1 Å². The summed E-state index contributed by atoms with van der Waals surface area (Å²) in [5.74, 6) is 2.73. The number of nitrogens with one attached hydrogen (secondary N) is 1. The number of hydrogen-bond donors (Lipinski definition) is 1. The maximum atomic E-state index is 5.85. The molecule has 0 aliphatic carbocycles. The highest BCUT2D eigenvalue weighted by Crippen LogP contribution is 2.36. The van der Waals surface area contributed by atoms with Gasteiger partial charge in [0.15, 0.2) is 11.5 Å². The van der Waals surface area contributed by atoms with Gasteiger partial charge in [-0.2, -0.15) is 0 Å². The first-order chi connectivity index (χ1) is 9.86. The average Bonchev–Trinajstić information content (AvgIpc) is 2.94. The molecule has 1 aromatic carbocycles. The SMILES string of the molecule is CCNCc1cccnc1Oc1ccc2c(c1)OCO2. The fraction of sp³-hybridized carbons (Fsp3) is 0.267. The zero-order chi connectivity index (χ0) is 13.8. The van der Waals surface area contributed by atoms with Crippen LogP contribution in [0.3, 0.4) is 0 Å². The van der Waals surface area contributed by atoms with Gasteiger partial charge < -0.3 is 19.5 Å². The van der Waals surface area contributed by atoms with Crippen LogP contribution in [0.1, 0.15) is 12.5 Å². The van der Waals surface area contributed by atoms with Crippen molar-refractivity contribution in [3.05, 3.63) is 42.1 Å². The molecule has 20 heavy (non-hydrogen) atoms. The fourth-order valence-electron chi connectivity index (χ4n) is 1.96. The van der Waals surface area contributed by atoms with Crippen LogP contribution in [-0.2, 0) is 6.54 Å². The van der Waals surface area contributed by atoms with Crippen molar-refractivity contribution < 1.29 is 14.2 Å². The maximum Gasteiger partial charge on any atom is 0.231 e. The minimum absolute atomic E-state index is 0.258. The molecule has 0 bridgehead atoms. The summed E-state index contributed by atoms with van der Waals surface area (Å²) in [6.45, 7) is 3.95. The van der Waals surface area contributed by atoms with Crippen molar-refractivity contribution in [2.45, 2.75) is 13.5 Å². The Labute approximate surface area is 117 Å². The third-order valence-corrected chi connectivity index (χ3v) is 2.97. The highest BCUT2D eigenvalue weighted by Gasteiger charge is 2.14. The van der Waals surface area contributed by atoms with E-state index >= 15 is 0 Å². The molecule has 0 saturated heterocycles. The van der Waals surface area contributed by atoms with Crippen molar-refractivity contribution in [3.8, 4) is 23.1 Å². The Bertz CT molecular complexity index is 601. The summed E-state index contributed by atoms with van der Waals surface area (Å²) in [6.07, 6.45) is 1.72. The number of aromatic nitrogens is 1. The summed E-state index contributed by atoms with van der Waals surface area (Å²) in [4.78, 5) is 4.29. The quantitative estimate of drug-likeness (QED) is 0.907. The van der Waals surface area contributed by atoms with Crippen molar-refractivity contribution in [1.82, 2.24) is 10.3 Å². The van der Waals surface area contributed by atoms with E-state index in [0.29, 0.717) is 17.4 Å². The molecule has 0 radical (unpaired) electrons. The van der Waals surface area contributed by atoms with E-state index in [0.717, 1.165) is 24.4 Å². The second-order valence-corrected chi connectivity index (χ2v) is 4.37. The van der Waals surface area contributed by atoms with E-state index in [-0.39, 0.29) is 6.79 Å².